The predicted molar refractivity (Wildman–Crippen MR) is 73.1 cm³/mol. The molecular weight excluding hydrogens is 250 g/mol. The monoisotopic (exact) mass is 265 g/mol. The van der Waals surface area contributed by atoms with Crippen LogP contribution in [0.5, 0.6) is 5.75 Å². The lowest BCUT2D eigenvalue weighted by molar-refractivity contribution is -0.125. The van der Waals surface area contributed by atoms with E-state index in [1.54, 1.807) is 11.6 Å². The van der Waals surface area contributed by atoms with Crippen LogP contribution in [0.1, 0.15) is 28.7 Å². The van der Waals surface area contributed by atoms with Crippen molar-refractivity contribution in [2.24, 2.45) is 5.92 Å². The average molecular weight is 265 g/mol. The third kappa shape index (κ3) is 0.881. The largest absolute Gasteiger partial charge is 0.481 e. The predicted octanol–water partition coefficient (Wildman–Crippen LogP) is 1.26. The van der Waals surface area contributed by atoms with Gasteiger partial charge in [0.15, 0.2) is 11.9 Å². The minimum absolute atomic E-state index is 0.0672. The van der Waals surface area contributed by atoms with Crippen LogP contribution >= 0.6 is 0 Å². The Hall–Kier alpha value is -1.61. The summed E-state index contributed by atoms with van der Waals surface area (Å²) in [6.45, 7) is 0.998. The van der Waals surface area contributed by atoms with Crippen LogP contribution in [0.25, 0.3) is 0 Å². The quantitative estimate of drug-likeness (QED) is 0.779. The number of piperidine rings is 1. The van der Waals surface area contributed by atoms with Crippen LogP contribution in [0.4, 0.5) is 0 Å². The molecule has 3 heteroatoms. The second-order valence-corrected chi connectivity index (χ2v) is 6.88. The highest BCUT2D eigenvalue weighted by Gasteiger charge is 2.63. The summed E-state index contributed by atoms with van der Waals surface area (Å²) in [6.07, 6.45) is 6.91. The normalized spacial score (nSPS) is 41.0. The first kappa shape index (κ1) is 10.2. The van der Waals surface area contributed by atoms with Gasteiger partial charge in [0.2, 0.25) is 0 Å². The van der Waals surface area contributed by atoms with Crippen molar-refractivity contribution in [1.82, 2.24) is 5.32 Å². The lowest BCUT2D eigenvalue weighted by Crippen LogP contribution is -2.63. The van der Waals surface area contributed by atoms with Gasteiger partial charge in [-0.05, 0) is 54.6 Å². The van der Waals surface area contributed by atoms with Gasteiger partial charge in [0, 0.05) is 17.5 Å². The van der Waals surface area contributed by atoms with E-state index in [1.165, 1.54) is 16.7 Å². The first-order chi connectivity index (χ1) is 9.79. The number of ketones is 1. The molecule has 1 spiro atoms. The van der Waals surface area contributed by atoms with E-state index < -0.39 is 0 Å². The Morgan fingerprint density at radius 1 is 1.35 bits per heavy atom. The van der Waals surface area contributed by atoms with Gasteiger partial charge in [0.05, 0.1) is 5.41 Å². The Morgan fingerprint density at radius 3 is 3.25 bits per heavy atom. The van der Waals surface area contributed by atoms with Gasteiger partial charge in [-0.25, -0.2) is 0 Å². The molecule has 1 fully saturated rings. The van der Waals surface area contributed by atoms with Crippen molar-refractivity contribution < 1.29 is 9.53 Å². The Morgan fingerprint density at radius 2 is 2.30 bits per heavy atom. The van der Waals surface area contributed by atoms with Crippen molar-refractivity contribution in [3.8, 4) is 5.75 Å². The lowest BCUT2D eigenvalue weighted by Gasteiger charge is -2.52. The van der Waals surface area contributed by atoms with Gasteiger partial charge in [0.25, 0.3) is 0 Å². The number of carbonyl (C=O) groups excluding carboxylic acids is 1. The standard InChI is InChI=1S/C17H15NO2/c19-13-2-1-11-12-7-10-9-5-8(9)6-14-15(10)17(11,3-4-18-12)16(13)20-14/h1-2,6,11-12,16,18H,3-5,7H2/t11-,12+,16-,17-/m0/s1. The minimum atomic E-state index is -0.266. The van der Waals surface area contributed by atoms with Gasteiger partial charge in [-0.3, -0.25) is 4.79 Å². The molecule has 0 saturated carbocycles. The van der Waals surface area contributed by atoms with Crippen LogP contribution in [0.2, 0.25) is 0 Å². The molecule has 100 valence electrons. The van der Waals surface area contributed by atoms with Crippen molar-refractivity contribution in [1.29, 1.82) is 0 Å². The summed E-state index contributed by atoms with van der Waals surface area (Å²) < 4.78 is 6.18. The summed E-state index contributed by atoms with van der Waals surface area (Å²) in [5, 5.41) is 3.68. The Bertz CT molecular complexity index is 735. The molecule has 0 aromatic heterocycles. The fourth-order valence-corrected chi connectivity index (χ4v) is 5.34. The molecule has 3 aliphatic carbocycles. The molecule has 4 atom stereocenters. The van der Waals surface area contributed by atoms with Gasteiger partial charge in [-0.1, -0.05) is 6.08 Å². The van der Waals surface area contributed by atoms with Crippen LogP contribution in [-0.2, 0) is 23.1 Å². The Labute approximate surface area is 117 Å². The van der Waals surface area contributed by atoms with E-state index in [-0.39, 0.29) is 17.3 Å². The van der Waals surface area contributed by atoms with Crippen molar-refractivity contribution in [2.75, 3.05) is 6.54 Å². The number of fused-ring (bicyclic) bond motifs is 2. The highest BCUT2D eigenvalue weighted by atomic mass is 16.5. The van der Waals surface area contributed by atoms with Gasteiger partial charge in [-0.2, -0.15) is 0 Å². The van der Waals surface area contributed by atoms with Crippen molar-refractivity contribution in [3.05, 3.63) is 40.5 Å². The molecule has 2 aliphatic heterocycles. The van der Waals surface area contributed by atoms with E-state index in [4.69, 9.17) is 4.74 Å². The molecule has 0 unspecified atom stereocenters. The number of rotatable bonds is 0. The molecule has 5 aliphatic rings. The summed E-state index contributed by atoms with van der Waals surface area (Å²) in [5.41, 5.74) is 5.82. The first-order valence-corrected chi connectivity index (χ1v) is 7.59. The smallest absolute Gasteiger partial charge is 0.196 e. The lowest BCUT2D eigenvalue weighted by atomic mass is 9.54. The molecule has 1 aromatic rings. The topological polar surface area (TPSA) is 38.3 Å². The zero-order valence-corrected chi connectivity index (χ0v) is 11.1. The van der Waals surface area contributed by atoms with Crippen molar-refractivity contribution >= 4 is 5.78 Å². The summed E-state index contributed by atoms with van der Waals surface area (Å²) in [4.78, 5) is 12.4. The van der Waals surface area contributed by atoms with Crippen LogP contribution in [0.3, 0.4) is 0 Å². The maximum atomic E-state index is 12.4. The maximum Gasteiger partial charge on any atom is 0.196 e. The van der Waals surface area contributed by atoms with Gasteiger partial charge < -0.3 is 10.1 Å². The fraction of sp³-hybridized carbons (Fsp3) is 0.471. The van der Waals surface area contributed by atoms with Crippen molar-refractivity contribution in [2.45, 2.75) is 36.8 Å². The first-order valence-electron chi connectivity index (χ1n) is 7.59. The number of benzene rings is 1. The molecule has 1 N–H and O–H groups in total. The maximum absolute atomic E-state index is 12.4. The zero-order chi connectivity index (χ0) is 13.1. The number of carbonyl (C=O) groups is 1. The second kappa shape index (κ2) is 2.86. The number of hydrogen-bond donors (Lipinski definition) is 1. The molecule has 20 heavy (non-hydrogen) atoms. The average Bonchev–Trinajstić information content (AvgIpc) is 3.13. The summed E-state index contributed by atoms with van der Waals surface area (Å²) in [5.74, 6) is 1.60. The third-order valence-electron chi connectivity index (χ3n) is 6.15. The zero-order valence-electron chi connectivity index (χ0n) is 11.1. The van der Waals surface area contributed by atoms with E-state index in [0.29, 0.717) is 12.0 Å². The molecule has 0 radical (unpaired) electrons. The molecule has 6 rings (SSSR count). The van der Waals surface area contributed by atoms with Crippen LogP contribution in [-0.4, -0.2) is 24.5 Å². The Balaban J connectivity index is 1.75. The van der Waals surface area contributed by atoms with Crippen LogP contribution in [0, 0.1) is 5.92 Å². The molecule has 2 bridgehead atoms. The summed E-state index contributed by atoms with van der Waals surface area (Å²) in [7, 11) is 0. The molecule has 1 aromatic carbocycles. The van der Waals surface area contributed by atoms with Crippen LogP contribution in [0.15, 0.2) is 18.2 Å². The second-order valence-electron chi connectivity index (χ2n) is 6.88. The third-order valence-corrected chi connectivity index (χ3v) is 6.15. The van der Waals surface area contributed by atoms with Gasteiger partial charge >= 0.3 is 0 Å². The molecule has 3 nitrogen and oxygen atoms in total. The van der Waals surface area contributed by atoms with E-state index in [1.807, 2.05) is 0 Å². The SMILES string of the molecule is O=C1C=C[C@H]2[C@H]3Cc4c5c(cc6c4[C@@]2(CCN3)[C@H]1O6)C5. The minimum Gasteiger partial charge on any atom is -0.481 e. The Kier molecular flexibility index (Phi) is 1.46. The van der Waals surface area contributed by atoms with E-state index >= 15 is 0 Å². The summed E-state index contributed by atoms with van der Waals surface area (Å²) in [6, 6.07) is 2.68. The number of ether oxygens (including phenoxy) is 1. The van der Waals surface area contributed by atoms with Gasteiger partial charge in [-0.15, -0.1) is 0 Å². The molecular formula is C17H15NO2. The fourth-order valence-electron chi connectivity index (χ4n) is 5.34. The van der Waals surface area contributed by atoms with E-state index in [0.717, 1.165) is 31.6 Å². The van der Waals surface area contributed by atoms with Crippen molar-refractivity contribution in [3.63, 3.8) is 0 Å². The molecule has 2 heterocycles. The summed E-state index contributed by atoms with van der Waals surface area (Å²) >= 11 is 0. The number of nitrogens with one attached hydrogen (secondary N) is 1. The number of hydrogen-bond acceptors (Lipinski definition) is 3. The van der Waals surface area contributed by atoms with Gasteiger partial charge in [0.1, 0.15) is 5.75 Å². The highest BCUT2D eigenvalue weighted by molar-refractivity contribution is 5.98. The van der Waals surface area contributed by atoms with E-state index in [9.17, 15) is 4.79 Å². The molecule has 0 amide bonds. The van der Waals surface area contributed by atoms with E-state index in [2.05, 4.69) is 17.5 Å². The highest BCUT2D eigenvalue weighted by Crippen LogP contribution is 2.61. The van der Waals surface area contributed by atoms with Crippen LogP contribution < -0.4 is 10.1 Å². The molecule has 1 saturated heterocycles.